The Kier molecular flexibility index (Phi) is 5.67. The summed E-state index contributed by atoms with van der Waals surface area (Å²) in [7, 11) is -2.95. The Morgan fingerprint density at radius 3 is 2.55 bits per heavy atom. The van der Waals surface area contributed by atoms with Crippen molar-refractivity contribution in [1.29, 1.82) is 0 Å². The maximum Gasteiger partial charge on any atom is 0.337 e. The molecule has 0 aliphatic heterocycles. The molecular weight excluding hydrogens is 404 g/mol. The number of fused-ring (bicyclic) bond motifs is 1. The molecule has 0 amide bonds. The largest absolute Gasteiger partial charge is 0.465 e. The number of alkyl halides is 2. The van der Waals surface area contributed by atoms with Crippen molar-refractivity contribution in [3.05, 3.63) is 59.4 Å². The van der Waals surface area contributed by atoms with Crippen LogP contribution in [0.1, 0.15) is 41.3 Å². The fraction of sp³-hybridized carbons (Fsp3) is 0.263. The Morgan fingerprint density at radius 2 is 1.90 bits per heavy atom. The predicted octanol–water partition coefficient (Wildman–Crippen LogP) is 3.57. The van der Waals surface area contributed by atoms with Gasteiger partial charge in [-0.15, -0.1) is 0 Å². The van der Waals surface area contributed by atoms with Gasteiger partial charge in [0, 0.05) is 0 Å². The summed E-state index contributed by atoms with van der Waals surface area (Å²) in [6.07, 6.45) is 0. The van der Waals surface area contributed by atoms with Crippen LogP contribution in [0.4, 0.5) is 8.78 Å². The van der Waals surface area contributed by atoms with E-state index < -0.39 is 28.6 Å². The number of benzene rings is 2. The van der Waals surface area contributed by atoms with E-state index in [0.717, 1.165) is 0 Å². The second-order valence-electron chi connectivity index (χ2n) is 6.42. The van der Waals surface area contributed by atoms with Crippen LogP contribution < -0.4 is 4.72 Å². The number of rotatable bonds is 6. The van der Waals surface area contributed by atoms with E-state index in [0.29, 0.717) is 15.6 Å². The fourth-order valence-electron chi connectivity index (χ4n) is 3.06. The number of carbonyl (C=O) groups is 1. The number of hydrogen-bond acceptors (Lipinski definition) is 5. The van der Waals surface area contributed by atoms with Crippen molar-refractivity contribution in [1.82, 2.24) is 14.3 Å². The first kappa shape index (κ1) is 20.9. The lowest BCUT2D eigenvalue weighted by atomic mass is 10.1. The zero-order valence-corrected chi connectivity index (χ0v) is 16.7. The van der Waals surface area contributed by atoms with Gasteiger partial charge in [-0.2, -0.15) is 8.78 Å². The minimum Gasteiger partial charge on any atom is -0.465 e. The minimum absolute atomic E-state index is 0.0611. The summed E-state index contributed by atoms with van der Waals surface area (Å²) < 4.78 is 60.8. The molecule has 7 nitrogen and oxygen atoms in total. The van der Waals surface area contributed by atoms with Gasteiger partial charge in [-0.1, -0.05) is 18.2 Å². The molecule has 0 fully saturated rings. The van der Waals surface area contributed by atoms with Crippen LogP contribution in [0.25, 0.3) is 11.0 Å². The van der Waals surface area contributed by atoms with Crippen molar-refractivity contribution in [2.75, 3.05) is 7.11 Å². The highest BCUT2D eigenvalue weighted by molar-refractivity contribution is 7.89. The van der Waals surface area contributed by atoms with Crippen LogP contribution in [-0.2, 0) is 14.8 Å². The lowest BCUT2D eigenvalue weighted by Crippen LogP contribution is -2.29. The number of methoxy groups -OCH3 is 1. The normalized spacial score (nSPS) is 13.0. The fourth-order valence-corrected chi connectivity index (χ4v) is 4.53. The van der Waals surface area contributed by atoms with Gasteiger partial charge in [0.05, 0.1) is 34.6 Å². The van der Waals surface area contributed by atoms with Crippen LogP contribution in [0.3, 0.4) is 0 Å². The number of esters is 1. The summed E-state index contributed by atoms with van der Waals surface area (Å²) in [6, 6.07) is 9.37. The van der Waals surface area contributed by atoms with Crippen molar-refractivity contribution in [3.8, 4) is 0 Å². The zero-order valence-electron chi connectivity index (χ0n) is 15.9. The lowest BCUT2D eigenvalue weighted by molar-refractivity contribution is 0.0600. The second kappa shape index (κ2) is 7.88. The molecule has 154 valence electrons. The van der Waals surface area contributed by atoms with Crippen molar-refractivity contribution in [3.63, 3.8) is 0 Å². The Bertz CT molecular complexity index is 1180. The van der Waals surface area contributed by atoms with Crippen LogP contribution in [0.15, 0.2) is 47.4 Å². The maximum absolute atomic E-state index is 13.6. The highest BCUT2D eigenvalue weighted by Gasteiger charge is 2.27. The average Bonchev–Trinajstić information content (AvgIpc) is 3.07. The Morgan fingerprint density at radius 1 is 1.21 bits per heavy atom. The van der Waals surface area contributed by atoms with Crippen LogP contribution >= 0.6 is 0 Å². The van der Waals surface area contributed by atoms with E-state index in [-0.39, 0.29) is 21.8 Å². The molecule has 0 radical (unpaired) electrons. The summed E-state index contributed by atoms with van der Waals surface area (Å²) in [4.78, 5) is 15.8. The van der Waals surface area contributed by atoms with Gasteiger partial charge in [-0.3, -0.25) is 4.57 Å². The van der Waals surface area contributed by atoms with Gasteiger partial charge in [-0.25, -0.2) is 22.9 Å². The Labute approximate surface area is 166 Å². The number of nitrogens with one attached hydrogen (secondary N) is 1. The molecule has 0 spiro atoms. The summed E-state index contributed by atoms with van der Waals surface area (Å²) >= 11 is 0. The highest BCUT2D eigenvalue weighted by atomic mass is 32.2. The Balaban J connectivity index is 2.01. The standard InChI is InChI=1S/C19H19F2N3O4S/c1-11-8-9-13(18(25)28-3)10-16(11)29(26,27)23-12(2)17-22-14-6-4-5-7-15(14)24(17)19(20)21/h4-10,12,19,23H,1-3H3/t12-/m0/s1. The third kappa shape index (κ3) is 3.99. The molecule has 2 aromatic carbocycles. The molecule has 3 rings (SSSR count). The van der Waals surface area contributed by atoms with Crippen molar-refractivity contribution >= 4 is 27.0 Å². The van der Waals surface area contributed by atoms with Crippen LogP contribution in [0.5, 0.6) is 0 Å². The lowest BCUT2D eigenvalue weighted by Gasteiger charge is -2.17. The molecule has 0 unspecified atom stereocenters. The molecule has 1 aromatic heterocycles. The molecular formula is C19H19F2N3O4S. The van der Waals surface area contributed by atoms with E-state index in [1.807, 2.05) is 0 Å². The number of sulfonamides is 1. The van der Waals surface area contributed by atoms with Gasteiger partial charge in [0.2, 0.25) is 10.0 Å². The summed E-state index contributed by atoms with van der Waals surface area (Å²) in [5.74, 6) is -0.805. The number of ether oxygens (including phenoxy) is 1. The van der Waals surface area contributed by atoms with Crippen LogP contribution in [0.2, 0.25) is 0 Å². The van der Waals surface area contributed by atoms with Crippen molar-refractivity contribution < 1.29 is 26.7 Å². The number of hydrogen-bond donors (Lipinski definition) is 1. The van der Waals surface area contributed by atoms with Gasteiger partial charge >= 0.3 is 12.5 Å². The molecule has 1 N–H and O–H groups in total. The first-order valence-corrected chi connectivity index (χ1v) is 10.1. The number of para-hydroxylation sites is 2. The molecule has 29 heavy (non-hydrogen) atoms. The van der Waals surface area contributed by atoms with E-state index in [2.05, 4.69) is 14.4 Å². The highest BCUT2D eigenvalue weighted by Crippen LogP contribution is 2.28. The molecule has 0 bridgehead atoms. The molecule has 0 aliphatic rings. The minimum atomic E-state index is -4.14. The van der Waals surface area contributed by atoms with E-state index in [4.69, 9.17) is 0 Å². The number of carbonyl (C=O) groups excluding carboxylic acids is 1. The number of aryl methyl sites for hydroxylation is 1. The quantitative estimate of drug-likeness (QED) is 0.612. The van der Waals surface area contributed by atoms with Crippen molar-refractivity contribution in [2.45, 2.75) is 31.3 Å². The smallest absolute Gasteiger partial charge is 0.337 e. The van der Waals surface area contributed by atoms with Gasteiger partial charge in [-0.05, 0) is 43.7 Å². The number of nitrogens with zero attached hydrogens (tertiary/aromatic N) is 2. The van der Waals surface area contributed by atoms with E-state index in [9.17, 15) is 22.0 Å². The average molecular weight is 423 g/mol. The van der Waals surface area contributed by atoms with Gasteiger partial charge in [0.1, 0.15) is 5.82 Å². The number of halogens is 2. The zero-order chi connectivity index (χ0) is 21.3. The second-order valence-corrected chi connectivity index (χ2v) is 8.10. The van der Waals surface area contributed by atoms with Gasteiger partial charge < -0.3 is 4.74 Å². The molecule has 0 aliphatic carbocycles. The third-order valence-corrected chi connectivity index (χ3v) is 6.12. The van der Waals surface area contributed by atoms with Crippen LogP contribution in [-0.4, -0.2) is 31.0 Å². The van der Waals surface area contributed by atoms with E-state index in [1.165, 1.54) is 38.3 Å². The van der Waals surface area contributed by atoms with E-state index >= 15 is 0 Å². The topological polar surface area (TPSA) is 90.3 Å². The summed E-state index contributed by atoms with van der Waals surface area (Å²) in [5.41, 5.74) is 0.982. The SMILES string of the molecule is COC(=O)c1ccc(C)c(S(=O)(=O)N[C@@H](C)c2nc3ccccc3n2C(F)F)c1. The third-order valence-electron chi connectivity index (χ3n) is 4.44. The first-order chi connectivity index (χ1) is 13.7. The molecule has 1 heterocycles. The Hall–Kier alpha value is -2.85. The molecule has 0 saturated heterocycles. The molecule has 0 saturated carbocycles. The van der Waals surface area contributed by atoms with E-state index in [1.54, 1.807) is 25.1 Å². The predicted molar refractivity (Wildman–Crippen MR) is 102 cm³/mol. The number of aromatic nitrogens is 2. The first-order valence-electron chi connectivity index (χ1n) is 8.62. The van der Waals surface area contributed by atoms with Crippen molar-refractivity contribution in [2.24, 2.45) is 0 Å². The molecule has 1 atom stereocenters. The summed E-state index contributed by atoms with van der Waals surface area (Å²) in [6.45, 7) is 0.0972. The monoisotopic (exact) mass is 423 g/mol. The molecule has 10 heteroatoms. The van der Waals surface area contributed by atoms with Gasteiger partial charge in [0.25, 0.3) is 0 Å². The summed E-state index contributed by atoms with van der Waals surface area (Å²) in [5, 5.41) is 0. The van der Waals surface area contributed by atoms with Gasteiger partial charge in [0.15, 0.2) is 0 Å². The maximum atomic E-state index is 13.6. The van der Waals surface area contributed by atoms with Crippen LogP contribution in [0, 0.1) is 6.92 Å². The number of imidazole rings is 1. The molecule has 3 aromatic rings.